The number of aromatic amines is 1. The third-order valence-corrected chi connectivity index (χ3v) is 6.64. The van der Waals surface area contributed by atoms with Gasteiger partial charge >= 0.3 is 5.97 Å². The van der Waals surface area contributed by atoms with Crippen LogP contribution in [0.2, 0.25) is 0 Å². The number of aryl methyl sites for hydroxylation is 1. The molecule has 184 valence electrons. The molecule has 36 heavy (non-hydrogen) atoms. The number of esters is 1. The second-order valence-corrected chi connectivity index (χ2v) is 8.97. The molecule has 1 fully saturated rings. The minimum atomic E-state index is -0.413. The highest BCUT2D eigenvalue weighted by molar-refractivity contribution is 5.91. The lowest BCUT2D eigenvalue weighted by Crippen LogP contribution is -2.23. The molecular weight excluding hydrogens is 458 g/mol. The Morgan fingerprint density at radius 1 is 1.31 bits per heavy atom. The first-order valence-electron chi connectivity index (χ1n) is 12.1. The Labute approximate surface area is 207 Å². The van der Waals surface area contributed by atoms with Gasteiger partial charge in [-0.15, -0.1) is 0 Å². The summed E-state index contributed by atoms with van der Waals surface area (Å²) < 4.78 is 8.52. The van der Waals surface area contributed by atoms with Gasteiger partial charge in [-0.25, -0.2) is 9.48 Å². The maximum Gasteiger partial charge on any atom is 0.341 e. The van der Waals surface area contributed by atoms with Gasteiger partial charge in [0.25, 0.3) is 5.56 Å². The third kappa shape index (κ3) is 4.24. The normalized spacial score (nSPS) is 17.6. The molecule has 0 bridgehead atoms. The SMILES string of the molecule is CCOC(=O)c1cnn(-c2ccc(Nc3nn(C4CCCCC4C#N)c4cc[nH]c(=O)c34)cc2C)c1. The van der Waals surface area contributed by atoms with Crippen LogP contribution in [0.1, 0.15) is 54.6 Å². The van der Waals surface area contributed by atoms with E-state index in [2.05, 4.69) is 21.5 Å². The summed E-state index contributed by atoms with van der Waals surface area (Å²) in [5.41, 5.74) is 3.33. The number of carbonyl (C=O) groups excluding carboxylic acids is 1. The summed E-state index contributed by atoms with van der Waals surface area (Å²) in [6.07, 6.45) is 8.48. The molecule has 0 amide bonds. The lowest BCUT2D eigenvalue weighted by atomic mass is 9.85. The van der Waals surface area contributed by atoms with Gasteiger partial charge in [-0.2, -0.15) is 15.5 Å². The van der Waals surface area contributed by atoms with Crippen molar-refractivity contribution in [2.24, 2.45) is 5.92 Å². The van der Waals surface area contributed by atoms with Gasteiger partial charge < -0.3 is 15.0 Å². The average molecular weight is 486 g/mol. The maximum atomic E-state index is 12.8. The number of benzene rings is 1. The maximum absolute atomic E-state index is 12.8. The lowest BCUT2D eigenvalue weighted by molar-refractivity contribution is 0.0526. The fraction of sp³-hybridized carbons (Fsp3) is 0.346. The van der Waals surface area contributed by atoms with E-state index in [4.69, 9.17) is 9.84 Å². The summed E-state index contributed by atoms with van der Waals surface area (Å²) in [4.78, 5) is 27.5. The van der Waals surface area contributed by atoms with Crippen molar-refractivity contribution < 1.29 is 9.53 Å². The van der Waals surface area contributed by atoms with Crippen LogP contribution in [0.5, 0.6) is 0 Å². The van der Waals surface area contributed by atoms with E-state index < -0.39 is 5.97 Å². The van der Waals surface area contributed by atoms with E-state index in [0.29, 0.717) is 28.9 Å². The molecule has 2 N–H and O–H groups in total. The lowest BCUT2D eigenvalue weighted by Gasteiger charge is -2.27. The number of rotatable bonds is 6. The van der Waals surface area contributed by atoms with Crippen LogP contribution in [0.25, 0.3) is 16.6 Å². The Kier molecular flexibility index (Phi) is 6.29. The standard InChI is InChI=1S/C26H27N7O3/c1-3-36-26(35)18-14-29-32(15-18)20-9-8-19(12-16(20)2)30-24-23-22(10-11-28-25(23)34)33(31-24)21-7-5-4-6-17(21)13-27/h8-12,14-15,17,21H,3-7H2,1-2H3,(H,28,34)(H,30,31). The van der Waals surface area contributed by atoms with E-state index in [1.54, 1.807) is 24.0 Å². The minimum Gasteiger partial charge on any atom is -0.462 e. The quantitative estimate of drug-likeness (QED) is 0.387. The highest BCUT2D eigenvalue weighted by Gasteiger charge is 2.29. The Morgan fingerprint density at radius 2 is 2.14 bits per heavy atom. The van der Waals surface area contributed by atoms with Crippen molar-refractivity contribution in [2.45, 2.75) is 45.6 Å². The van der Waals surface area contributed by atoms with Crippen LogP contribution in [0.15, 0.2) is 47.7 Å². The zero-order valence-electron chi connectivity index (χ0n) is 20.2. The van der Waals surface area contributed by atoms with Crippen LogP contribution in [0.3, 0.4) is 0 Å². The zero-order chi connectivity index (χ0) is 25.2. The van der Waals surface area contributed by atoms with Crippen LogP contribution in [0, 0.1) is 24.2 Å². The van der Waals surface area contributed by atoms with E-state index >= 15 is 0 Å². The Bertz CT molecular complexity index is 1520. The molecular formula is C26H27N7O3. The minimum absolute atomic E-state index is 0.0684. The molecule has 1 saturated carbocycles. The Morgan fingerprint density at radius 3 is 2.92 bits per heavy atom. The summed E-state index contributed by atoms with van der Waals surface area (Å²) in [7, 11) is 0. The average Bonchev–Trinajstić information content (AvgIpc) is 3.51. The molecule has 10 nitrogen and oxygen atoms in total. The predicted octanol–water partition coefficient (Wildman–Crippen LogP) is 4.39. The number of H-pyrrole nitrogens is 1. The van der Waals surface area contributed by atoms with Gasteiger partial charge in [0.2, 0.25) is 0 Å². The summed E-state index contributed by atoms with van der Waals surface area (Å²) in [6, 6.07) is 9.89. The molecule has 4 aromatic rings. The summed E-state index contributed by atoms with van der Waals surface area (Å²) in [5.74, 6) is -0.0991. The van der Waals surface area contributed by atoms with Gasteiger partial charge in [-0.3, -0.25) is 9.48 Å². The fourth-order valence-electron chi connectivity index (χ4n) is 4.90. The number of fused-ring (bicyclic) bond motifs is 1. The van der Waals surface area contributed by atoms with E-state index in [0.717, 1.165) is 42.6 Å². The van der Waals surface area contributed by atoms with Crippen molar-refractivity contribution in [3.05, 3.63) is 64.3 Å². The summed E-state index contributed by atoms with van der Waals surface area (Å²) >= 11 is 0. The number of carbonyl (C=O) groups is 1. The number of nitriles is 1. The van der Waals surface area contributed by atoms with Gasteiger partial charge in [0, 0.05) is 18.1 Å². The molecule has 1 aromatic carbocycles. The van der Waals surface area contributed by atoms with Crippen LogP contribution in [-0.2, 0) is 4.74 Å². The van der Waals surface area contributed by atoms with Gasteiger partial charge in [-0.1, -0.05) is 12.8 Å². The summed E-state index contributed by atoms with van der Waals surface area (Å²) in [6.45, 7) is 4.00. The molecule has 0 radical (unpaired) electrons. The second-order valence-electron chi connectivity index (χ2n) is 8.97. The first-order valence-corrected chi connectivity index (χ1v) is 12.1. The van der Waals surface area contributed by atoms with Crippen molar-refractivity contribution in [1.82, 2.24) is 24.5 Å². The first kappa shape index (κ1) is 23.4. The summed E-state index contributed by atoms with van der Waals surface area (Å²) in [5, 5.41) is 22.5. The van der Waals surface area contributed by atoms with Gasteiger partial charge in [0.1, 0.15) is 5.39 Å². The molecule has 5 rings (SSSR count). The second kappa shape index (κ2) is 9.70. The van der Waals surface area contributed by atoms with Crippen LogP contribution >= 0.6 is 0 Å². The highest BCUT2D eigenvalue weighted by atomic mass is 16.5. The van der Waals surface area contributed by atoms with E-state index in [-0.39, 0.29) is 17.5 Å². The number of hydrogen-bond donors (Lipinski definition) is 2. The molecule has 10 heteroatoms. The topological polar surface area (TPSA) is 131 Å². The van der Waals surface area contributed by atoms with Crippen LogP contribution in [0.4, 0.5) is 11.5 Å². The van der Waals surface area contributed by atoms with Gasteiger partial charge in [0.15, 0.2) is 5.82 Å². The fourth-order valence-corrected chi connectivity index (χ4v) is 4.90. The predicted molar refractivity (Wildman–Crippen MR) is 135 cm³/mol. The zero-order valence-corrected chi connectivity index (χ0v) is 20.2. The highest BCUT2D eigenvalue weighted by Crippen LogP contribution is 2.36. The Hall–Kier alpha value is -4.39. The monoisotopic (exact) mass is 485 g/mol. The molecule has 2 atom stereocenters. The van der Waals surface area contributed by atoms with Crippen molar-refractivity contribution >= 4 is 28.4 Å². The number of nitrogens with one attached hydrogen (secondary N) is 2. The van der Waals surface area contributed by atoms with E-state index in [1.165, 1.54) is 6.20 Å². The molecule has 1 aliphatic carbocycles. The van der Waals surface area contributed by atoms with Crippen molar-refractivity contribution in [3.63, 3.8) is 0 Å². The molecule has 2 unspecified atom stereocenters. The number of ether oxygens (including phenoxy) is 1. The van der Waals surface area contributed by atoms with Gasteiger partial charge in [-0.05, 0) is 56.5 Å². The third-order valence-electron chi connectivity index (χ3n) is 6.64. The van der Waals surface area contributed by atoms with Crippen molar-refractivity contribution in [2.75, 3.05) is 11.9 Å². The number of anilines is 2. The van der Waals surface area contributed by atoms with Gasteiger partial charge in [0.05, 0.1) is 47.6 Å². The first-order chi connectivity index (χ1) is 17.5. The van der Waals surface area contributed by atoms with E-state index in [9.17, 15) is 14.9 Å². The molecule has 3 aromatic heterocycles. The van der Waals surface area contributed by atoms with E-state index in [1.807, 2.05) is 35.9 Å². The number of nitrogens with zero attached hydrogens (tertiary/aromatic N) is 5. The molecule has 0 saturated heterocycles. The number of aromatic nitrogens is 5. The smallest absolute Gasteiger partial charge is 0.341 e. The molecule has 0 aliphatic heterocycles. The van der Waals surface area contributed by atoms with Crippen LogP contribution in [-0.4, -0.2) is 37.1 Å². The number of hydrogen-bond acceptors (Lipinski definition) is 7. The number of pyridine rings is 1. The van der Waals surface area contributed by atoms with Crippen molar-refractivity contribution in [3.8, 4) is 11.8 Å². The van der Waals surface area contributed by atoms with Crippen LogP contribution < -0.4 is 10.9 Å². The molecule has 1 aliphatic rings. The Balaban J connectivity index is 1.47. The molecule has 3 heterocycles. The molecule has 0 spiro atoms. The largest absolute Gasteiger partial charge is 0.462 e. The van der Waals surface area contributed by atoms with Crippen molar-refractivity contribution in [1.29, 1.82) is 5.26 Å².